The molecular weight excluding hydrogens is 513 g/mol. The van der Waals surface area contributed by atoms with Gasteiger partial charge in [-0.3, -0.25) is 4.99 Å². The number of hydrogen-bond acceptors (Lipinski definition) is 4. The number of rotatable bonds is 5. The largest absolute Gasteiger partial charge is 0.489 e. The molecule has 6 nitrogen and oxygen atoms in total. The number of halogens is 1. The Bertz CT molecular complexity index is 945. The molecule has 8 heteroatoms. The van der Waals surface area contributed by atoms with Crippen molar-refractivity contribution in [1.29, 1.82) is 0 Å². The molecule has 0 unspecified atom stereocenters. The van der Waals surface area contributed by atoms with Crippen LogP contribution in [0.2, 0.25) is 0 Å². The predicted molar refractivity (Wildman–Crippen MR) is 132 cm³/mol. The lowest BCUT2D eigenvalue weighted by Crippen LogP contribution is -2.57. The van der Waals surface area contributed by atoms with Gasteiger partial charge in [0.15, 0.2) is 15.8 Å². The van der Waals surface area contributed by atoms with E-state index in [1.807, 2.05) is 59.5 Å². The topological polar surface area (TPSA) is 71.0 Å². The van der Waals surface area contributed by atoms with Crippen LogP contribution >= 0.6 is 24.0 Å². The number of nitrogens with zero attached hydrogens (tertiary/aromatic N) is 2. The van der Waals surface area contributed by atoms with Crippen molar-refractivity contribution in [3.8, 4) is 5.75 Å². The molecule has 1 N–H and O–H groups in total. The zero-order valence-corrected chi connectivity index (χ0v) is 20.8. The van der Waals surface area contributed by atoms with Gasteiger partial charge in [0.05, 0.1) is 10.5 Å². The maximum Gasteiger partial charge on any atom is 0.193 e. The van der Waals surface area contributed by atoms with Gasteiger partial charge in [0.25, 0.3) is 0 Å². The van der Waals surface area contributed by atoms with Crippen molar-refractivity contribution in [3.63, 3.8) is 0 Å². The molecule has 0 saturated carbocycles. The van der Waals surface area contributed by atoms with E-state index in [2.05, 4.69) is 10.3 Å². The van der Waals surface area contributed by atoms with Crippen molar-refractivity contribution in [1.82, 2.24) is 10.2 Å². The minimum absolute atomic E-state index is 0. The third kappa shape index (κ3) is 6.10. The van der Waals surface area contributed by atoms with Crippen LogP contribution in [-0.2, 0) is 23.0 Å². The van der Waals surface area contributed by atoms with Crippen molar-refractivity contribution in [2.45, 2.75) is 31.7 Å². The first kappa shape index (κ1) is 24.5. The smallest absolute Gasteiger partial charge is 0.193 e. The van der Waals surface area contributed by atoms with Crippen LogP contribution in [0, 0.1) is 0 Å². The molecule has 0 spiro atoms. The minimum Gasteiger partial charge on any atom is -0.489 e. The van der Waals surface area contributed by atoms with E-state index in [4.69, 9.17) is 4.74 Å². The van der Waals surface area contributed by atoms with Crippen LogP contribution in [0.1, 0.15) is 25.0 Å². The van der Waals surface area contributed by atoms with Crippen LogP contribution < -0.4 is 10.1 Å². The lowest BCUT2D eigenvalue weighted by atomic mass is 10.2. The Labute approximate surface area is 196 Å². The van der Waals surface area contributed by atoms with E-state index in [1.165, 1.54) is 0 Å². The van der Waals surface area contributed by atoms with E-state index in [0.29, 0.717) is 26.2 Å². The maximum absolute atomic E-state index is 12.2. The Morgan fingerprint density at radius 2 is 1.77 bits per heavy atom. The van der Waals surface area contributed by atoms with Crippen molar-refractivity contribution in [2.24, 2.45) is 4.99 Å². The molecule has 2 aromatic rings. The highest BCUT2D eigenvalue weighted by Crippen LogP contribution is 2.23. The van der Waals surface area contributed by atoms with Crippen molar-refractivity contribution < 1.29 is 13.2 Å². The summed E-state index contributed by atoms with van der Waals surface area (Å²) in [5.41, 5.74) is 2.23. The third-order valence-electron chi connectivity index (χ3n) is 5.18. The molecule has 1 aliphatic heterocycles. The van der Waals surface area contributed by atoms with Crippen molar-refractivity contribution in [3.05, 3.63) is 65.7 Å². The first-order chi connectivity index (χ1) is 13.8. The van der Waals surface area contributed by atoms with Gasteiger partial charge in [-0.05, 0) is 37.1 Å². The van der Waals surface area contributed by atoms with Gasteiger partial charge in [0.1, 0.15) is 12.4 Å². The van der Waals surface area contributed by atoms with E-state index in [9.17, 15) is 8.42 Å². The minimum atomic E-state index is -3.07. The predicted octanol–water partition coefficient (Wildman–Crippen LogP) is 3.47. The summed E-state index contributed by atoms with van der Waals surface area (Å²) in [5.74, 6) is 1.69. The fraction of sp³-hybridized carbons (Fsp3) is 0.409. The van der Waals surface area contributed by atoms with E-state index < -0.39 is 14.6 Å². The maximum atomic E-state index is 12.2. The van der Waals surface area contributed by atoms with Crippen LogP contribution in [0.3, 0.4) is 0 Å². The van der Waals surface area contributed by atoms with E-state index >= 15 is 0 Å². The summed E-state index contributed by atoms with van der Waals surface area (Å²) in [7, 11) is -1.35. The summed E-state index contributed by atoms with van der Waals surface area (Å²) >= 11 is 0. The Morgan fingerprint density at radius 3 is 2.37 bits per heavy atom. The zero-order chi connectivity index (χ0) is 20.9. The molecule has 1 saturated heterocycles. The molecular formula is C22H30IN3O3S. The monoisotopic (exact) mass is 543 g/mol. The Kier molecular flexibility index (Phi) is 8.54. The fourth-order valence-corrected chi connectivity index (χ4v) is 4.65. The molecule has 0 amide bonds. The lowest BCUT2D eigenvalue weighted by molar-refractivity contribution is 0.306. The molecule has 1 heterocycles. The summed E-state index contributed by atoms with van der Waals surface area (Å²) in [4.78, 5) is 6.34. The number of guanidine groups is 1. The molecule has 2 aromatic carbocycles. The van der Waals surface area contributed by atoms with E-state index in [1.54, 1.807) is 20.9 Å². The molecule has 0 radical (unpaired) electrons. The van der Waals surface area contributed by atoms with Gasteiger partial charge < -0.3 is 15.0 Å². The summed E-state index contributed by atoms with van der Waals surface area (Å²) in [6, 6.07) is 18.0. The summed E-state index contributed by atoms with van der Waals surface area (Å²) in [5, 5.41) is 3.34. The Morgan fingerprint density at radius 1 is 1.10 bits per heavy atom. The molecule has 30 heavy (non-hydrogen) atoms. The summed E-state index contributed by atoms with van der Waals surface area (Å²) in [6.07, 6.45) is 0. The molecule has 0 atom stereocenters. The van der Waals surface area contributed by atoms with Gasteiger partial charge >= 0.3 is 0 Å². The molecule has 0 aliphatic carbocycles. The van der Waals surface area contributed by atoms with Gasteiger partial charge in [0.2, 0.25) is 0 Å². The standard InChI is InChI=1S/C22H29N3O3S.HI/c1-22(2)17-25(13-14-29(22,26)27)21(23-3)24-15-18-9-11-20(12-10-18)28-16-19-7-5-4-6-8-19;/h4-12H,13-17H2,1-3H3,(H,23,24);1H. The molecule has 1 aliphatic rings. The first-order valence-electron chi connectivity index (χ1n) is 9.74. The molecule has 3 rings (SSSR count). The highest BCUT2D eigenvalue weighted by Gasteiger charge is 2.40. The molecule has 0 aromatic heterocycles. The van der Waals surface area contributed by atoms with Gasteiger partial charge in [-0.25, -0.2) is 8.42 Å². The van der Waals surface area contributed by atoms with Gasteiger partial charge in [0, 0.05) is 26.7 Å². The van der Waals surface area contributed by atoms with Crippen molar-refractivity contribution >= 4 is 39.8 Å². The lowest BCUT2D eigenvalue weighted by Gasteiger charge is -2.39. The van der Waals surface area contributed by atoms with Crippen LogP contribution in [0.4, 0.5) is 0 Å². The number of nitrogens with one attached hydrogen (secondary N) is 1. The third-order valence-corrected chi connectivity index (χ3v) is 7.71. The van der Waals surface area contributed by atoms with Crippen LogP contribution in [-0.4, -0.2) is 49.9 Å². The molecule has 1 fully saturated rings. The molecule has 0 bridgehead atoms. The normalized spacial score (nSPS) is 17.7. The molecule has 164 valence electrons. The van der Waals surface area contributed by atoms with Gasteiger partial charge in [-0.15, -0.1) is 24.0 Å². The van der Waals surface area contributed by atoms with E-state index in [-0.39, 0.29) is 29.7 Å². The Hall–Kier alpha value is -1.81. The quantitative estimate of drug-likeness (QED) is 0.356. The number of benzene rings is 2. The second kappa shape index (κ2) is 10.5. The van der Waals surface area contributed by atoms with Crippen molar-refractivity contribution in [2.75, 3.05) is 25.9 Å². The van der Waals surface area contributed by atoms with Gasteiger partial charge in [-0.2, -0.15) is 0 Å². The average molecular weight is 543 g/mol. The number of hydrogen-bond donors (Lipinski definition) is 1. The highest BCUT2D eigenvalue weighted by molar-refractivity contribution is 14.0. The fourth-order valence-electron chi connectivity index (χ4n) is 3.28. The highest BCUT2D eigenvalue weighted by atomic mass is 127. The van der Waals surface area contributed by atoms with Crippen LogP contribution in [0.25, 0.3) is 0 Å². The summed E-state index contributed by atoms with van der Waals surface area (Å²) < 4.78 is 29.5. The van der Waals surface area contributed by atoms with Crippen LogP contribution in [0.5, 0.6) is 5.75 Å². The number of sulfone groups is 1. The van der Waals surface area contributed by atoms with E-state index in [0.717, 1.165) is 22.8 Å². The Balaban J connectivity index is 0.00000320. The van der Waals surface area contributed by atoms with Crippen LogP contribution in [0.15, 0.2) is 59.6 Å². The summed E-state index contributed by atoms with van der Waals surface area (Å²) in [6.45, 7) is 5.58. The number of aliphatic imine (C=N–C) groups is 1. The van der Waals surface area contributed by atoms with Gasteiger partial charge in [-0.1, -0.05) is 42.5 Å². The SMILES string of the molecule is CN=C(NCc1ccc(OCc2ccccc2)cc1)N1CCS(=O)(=O)C(C)(C)C1.I. The first-order valence-corrected chi connectivity index (χ1v) is 11.4. The number of ether oxygens (including phenoxy) is 1. The second-order valence-electron chi connectivity index (χ2n) is 7.82. The average Bonchev–Trinajstić information content (AvgIpc) is 2.71. The second-order valence-corrected chi connectivity index (χ2v) is 10.6. The zero-order valence-electron chi connectivity index (χ0n) is 17.7.